The van der Waals surface area contributed by atoms with E-state index in [1.165, 1.54) is 18.5 Å². The van der Waals surface area contributed by atoms with Crippen molar-refractivity contribution in [2.75, 3.05) is 5.43 Å². The number of hydrogen-bond donors (Lipinski definition) is 1. The first-order chi connectivity index (χ1) is 13.1. The van der Waals surface area contributed by atoms with E-state index in [4.69, 9.17) is 4.42 Å². The van der Waals surface area contributed by atoms with Gasteiger partial charge in [0.25, 0.3) is 0 Å². The summed E-state index contributed by atoms with van der Waals surface area (Å²) in [4.78, 5) is 8.45. The normalized spacial score (nSPS) is 12.1. The number of nitrogens with one attached hydrogen (secondary N) is 1. The van der Waals surface area contributed by atoms with E-state index in [-0.39, 0.29) is 5.75 Å². The van der Waals surface area contributed by atoms with Gasteiger partial charge >= 0.3 is 6.61 Å². The number of para-hydroxylation sites is 1. The van der Waals surface area contributed by atoms with Crippen molar-refractivity contribution < 1.29 is 17.9 Å². The van der Waals surface area contributed by atoms with Crippen LogP contribution in [0.25, 0.3) is 22.1 Å². The average Bonchev–Trinajstić information content (AvgIpc) is 3.05. The van der Waals surface area contributed by atoms with Crippen molar-refractivity contribution in [2.24, 2.45) is 5.10 Å². The molecule has 0 aliphatic carbocycles. The monoisotopic (exact) mass is 368 g/mol. The Morgan fingerprint density at radius 2 is 2.00 bits per heavy atom. The van der Waals surface area contributed by atoms with Gasteiger partial charge in [0.2, 0.25) is 0 Å². The Morgan fingerprint density at radius 1 is 1.15 bits per heavy atom. The highest BCUT2D eigenvalue weighted by molar-refractivity contribution is 6.05. The van der Waals surface area contributed by atoms with Crippen LogP contribution in [0.1, 0.15) is 12.5 Å². The number of ether oxygens (including phenoxy) is 1. The number of hydrazone groups is 1. The summed E-state index contributed by atoms with van der Waals surface area (Å²) in [6, 6.07) is 13.9. The van der Waals surface area contributed by atoms with E-state index in [2.05, 4.69) is 25.2 Å². The third-order valence-corrected chi connectivity index (χ3v) is 3.96. The SMILES string of the molecule is C/C(=N/Nc1ncnc2c1oc1ccccc12)c1cccc(OC(F)F)c1. The Kier molecular flexibility index (Phi) is 4.37. The van der Waals surface area contributed by atoms with Gasteiger partial charge in [-0.05, 0) is 31.2 Å². The maximum atomic E-state index is 12.4. The summed E-state index contributed by atoms with van der Waals surface area (Å²) in [6.45, 7) is -1.14. The number of benzene rings is 2. The fourth-order valence-corrected chi connectivity index (χ4v) is 2.70. The molecule has 0 radical (unpaired) electrons. The number of hydrogen-bond acceptors (Lipinski definition) is 6. The van der Waals surface area contributed by atoms with Gasteiger partial charge in [-0.25, -0.2) is 9.97 Å². The number of rotatable bonds is 5. The first-order valence-corrected chi connectivity index (χ1v) is 8.09. The Morgan fingerprint density at radius 3 is 2.85 bits per heavy atom. The van der Waals surface area contributed by atoms with Crippen molar-refractivity contribution in [1.29, 1.82) is 0 Å². The molecule has 0 spiro atoms. The van der Waals surface area contributed by atoms with Gasteiger partial charge in [0, 0.05) is 10.9 Å². The van der Waals surface area contributed by atoms with Crippen molar-refractivity contribution in [3.63, 3.8) is 0 Å². The molecule has 2 aromatic heterocycles. The van der Waals surface area contributed by atoms with E-state index in [1.54, 1.807) is 19.1 Å². The van der Waals surface area contributed by atoms with Crippen molar-refractivity contribution in [3.8, 4) is 5.75 Å². The molecule has 4 aromatic rings. The number of furan rings is 1. The number of nitrogens with zero attached hydrogens (tertiary/aromatic N) is 3. The van der Waals surface area contributed by atoms with Crippen LogP contribution in [0.15, 0.2) is 64.4 Å². The number of halogens is 2. The van der Waals surface area contributed by atoms with Crippen LogP contribution in [0.2, 0.25) is 0 Å². The summed E-state index contributed by atoms with van der Waals surface area (Å²) >= 11 is 0. The third kappa shape index (κ3) is 3.41. The van der Waals surface area contributed by atoms with Crippen molar-refractivity contribution in [2.45, 2.75) is 13.5 Å². The zero-order chi connectivity index (χ0) is 18.8. The highest BCUT2D eigenvalue weighted by Crippen LogP contribution is 2.30. The zero-order valence-corrected chi connectivity index (χ0v) is 14.2. The number of aromatic nitrogens is 2. The zero-order valence-electron chi connectivity index (χ0n) is 14.2. The maximum Gasteiger partial charge on any atom is 0.387 e. The molecule has 0 bridgehead atoms. The van der Waals surface area contributed by atoms with Crippen molar-refractivity contribution >= 4 is 33.6 Å². The number of anilines is 1. The van der Waals surface area contributed by atoms with Gasteiger partial charge in [0.15, 0.2) is 11.4 Å². The summed E-state index contributed by atoms with van der Waals surface area (Å²) in [6.07, 6.45) is 1.43. The molecule has 0 saturated heterocycles. The largest absolute Gasteiger partial charge is 0.450 e. The molecule has 4 rings (SSSR count). The third-order valence-electron chi connectivity index (χ3n) is 3.96. The van der Waals surface area contributed by atoms with Gasteiger partial charge in [-0.3, -0.25) is 5.43 Å². The lowest BCUT2D eigenvalue weighted by molar-refractivity contribution is -0.0498. The fraction of sp³-hybridized carbons (Fsp3) is 0.105. The van der Waals surface area contributed by atoms with E-state index in [0.29, 0.717) is 33.8 Å². The van der Waals surface area contributed by atoms with E-state index < -0.39 is 6.61 Å². The van der Waals surface area contributed by atoms with Crippen LogP contribution in [0.5, 0.6) is 5.75 Å². The van der Waals surface area contributed by atoms with Crippen LogP contribution in [0.4, 0.5) is 14.6 Å². The van der Waals surface area contributed by atoms with E-state index >= 15 is 0 Å². The van der Waals surface area contributed by atoms with E-state index in [0.717, 1.165) is 5.39 Å². The predicted octanol–water partition coefficient (Wildman–Crippen LogP) is 4.81. The first-order valence-electron chi connectivity index (χ1n) is 8.09. The molecule has 0 saturated carbocycles. The second-order valence-corrected chi connectivity index (χ2v) is 5.71. The summed E-state index contributed by atoms with van der Waals surface area (Å²) < 4.78 is 35.0. The van der Waals surface area contributed by atoms with E-state index in [9.17, 15) is 8.78 Å². The van der Waals surface area contributed by atoms with Gasteiger partial charge in [0.05, 0.1) is 5.71 Å². The smallest absolute Gasteiger partial charge is 0.387 e. The summed E-state index contributed by atoms with van der Waals surface area (Å²) in [7, 11) is 0. The Hall–Kier alpha value is -3.55. The lowest BCUT2D eigenvalue weighted by Crippen LogP contribution is -2.04. The molecule has 0 aliphatic heterocycles. The minimum absolute atomic E-state index is 0.0683. The van der Waals surface area contributed by atoms with Gasteiger partial charge < -0.3 is 9.15 Å². The molecule has 0 aliphatic rings. The number of fused-ring (bicyclic) bond motifs is 3. The molecule has 2 heterocycles. The topological polar surface area (TPSA) is 72.5 Å². The van der Waals surface area contributed by atoms with Gasteiger partial charge in [-0.2, -0.15) is 13.9 Å². The van der Waals surface area contributed by atoms with Crippen LogP contribution in [0.3, 0.4) is 0 Å². The first kappa shape index (κ1) is 16.9. The lowest BCUT2D eigenvalue weighted by Gasteiger charge is -2.07. The quantitative estimate of drug-likeness (QED) is 0.404. The Bertz CT molecular complexity index is 1140. The molecule has 27 heavy (non-hydrogen) atoms. The molecule has 2 aromatic carbocycles. The molecule has 8 heteroatoms. The van der Waals surface area contributed by atoms with Gasteiger partial charge in [-0.1, -0.05) is 24.3 Å². The summed E-state index contributed by atoms with van der Waals surface area (Å²) in [5.74, 6) is 0.481. The molecule has 0 unspecified atom stereocenters. The van der Waals surface area contributed by atoms with Crippen LogP contribution >= 0.6 is 0 Å². The van der Waals surface area contributed by atoms with Crippen LogP contribution in [0, 0.1) is 0 Å². The predicted molar refractivity (Wildman–Crippen MR) is 98.2 cm³/mol. The molecule has 1 N–H and O–H groups in total. The minimum Gasteiger partial charge on any atom is -0.450 e. The maximum absolute atomic E-state index is 12.4. The average molecular weight is 368 g/mol. The molecule has 0 amide bonds. The minimum atomic E-state index is -2.88. The molecular formula is C19H14F2N4O2. The number of alkyl halides is 2. The molecule has 136 valence electrons. The van der Waals surface area contributed by atoms with Crippen molar-refractivity contribution in [3.05, 3.63) is 60.4 Å². The van der Waals surface area contributed by atoms with Crippen LogP contribution < -0.4 is 10.2 Å². The molecule has 0 fully saturated rings. The van der Waals surface area contributed by atoms with Crippen LogP contribution in [-0.2, 0) is 0 Å². The second-order valence-electron chi connectivity index (χ2n) is 5.71. The standard InChI is InChI=1S/C19H14F2N4O2/c1-11(12-5-4-6-13(9-12)26-19(20)21)24-25-18-17-16(22-10-23-18)14-7-2-3-8-15(14)27-17/h2-10,19H,1H3,(H,22,23,25)/b24-11-. The van der Waals surface area contributed by atoms with Crippen LogP contribution in [-0.4, -0.2) is 22.3 Å². The van der Waals surface area contributed by atoms with E-state index in [1.807, 2.05) is 24.3 Å². The molecule has 0 atom stereocenters. The molecule has 6 nitrogen and oxygen atoms in total. The van der Waals surface area contributed by atoms with Crippen molar-refractivity contribution in [1.82, 2.24) is 9.97 Å². The van der Waals surface area contributed by atoms with Gasteiger partial charge in [0.1, 0.15) is 23.2 Å². The Labute approximate surface area is 152 Å². The molecular weight excluding hydrogens is 354 g/mol. The Balaban J connectivity index is 1.64. The fourth-order valence-electron chi connectivity index (χ4n) is 2.70. The van der Waals surface area contributed by atoms with Gasteiger partial charge in [-0.15, -0.1) is 0 Å². The summed E-state index contributed by atoms with van der Waals surface area (Å²) in [5, 5.41) is 5.16. The highest BCUT2D eigenvalue weighted by Gasteiger charge is 2.12. The second kappa shape index (κ2) is 6.99. The summed E-state index contributed by atoms with van der Waals surface area (Å²) in [5.41, 5.74) is 5.94. The highest BCUT2D eigenvalue weighted by atomic mass is 19.3. The lowest BCUT2D eigenvalue weighted by atomic mass is 10.1.